The number of benzene rings is 2. The second-order valence-electron chi connectivity index (χ2n) is 6.08. The molecule has 7 heteroatoms. The van der Waals surface area contributed by atoms with Crippen molar-refractivity contribution in [1.29, 1.82) is 0 Å². The van der Waals surface area contributed by atoms with Gasteiger partial charge in [-0.1, -0.05) is 28.1 Å². The molecule has 1 amide bonds. The number of rotatable bonds is 6. The molecule has 1 heterocycles. The molecule has 0 N–H and O–H groups in total. The summed E-state index contributed by atoms with van der Waals surface area (Å²) in [7, 11) is 4.87. The van der Waals surface area contributed by atoms with Gasteiger partial charge in [0.15, 0.2) is 11.5 Å². The summed E-state index contributed by atoms with van der Waals surface area (Å²) in [6.07, 6.45) is 0.538. The molecule has 1 fully saturated rings. The van der Waals surface area contributed by atoms with Crippen molar-refractivity contribution in [2.75, 3.05) is 27.1 Å². The fourth-order valence-corrected chi connectivity index (χ4v) is 5.03. The van der Waals surface area contributed by atoms with E-state index in [0.29, 0.717) is 24.5 Å². The fourth-order valence-electron chi connectivity index (χ4n) is 3.08. The molecular formula is C20H22BrNO4S. The highest BCUT2D eigenvalue weighted by atomic mass is 79.9. The van der Waals surface area contributed by atoms with Gasteiger partial charge in [0, 0.05) is 28.8 Å². The van der Waals surface area contributed by atoms with Crippen LogP contribution in [0.2, 0.25) is 0 Å². The molecule has 27 heavy (non-hydrogen) atoms. The summed E-state index contributed by atoms with van der Waals surface area (Å²) in [5, 5.41) is -0.105. The molecule has 2 aromatic rings. The molecule has 0 spiro atoms. The van der Waals surface area contributed by atoms with Gasteiger partial charge >= 0.3 is 0 Å². The minimum absolute atomic E-state index is 0.105. The summed E-state index contributed by atoms with van der Waals surface area (Å²) < 4.78 is 17.0. The Hall–Kier alpha value is -1.86. The zero-order valence-electron chi connectivity index (χ0n) is 15.5. The van der Waals surface area contributed by atoms with Crippen LogP contribution < -0.4 is 14.2 Å². The van der Waals surface area contributed by atoms with Crippen molar-refractivity contribution < 1.29 is 19.0 Å². The molecule has 3 rings (SSSR count). The number of amides is 1. The molecule has 1 atom stereocenters. The Labute approximate surface area is 172 Å². The predicted octanol–water partition coefficient (Wildman–Crippen LogP) is 4.64. The summed E-state index contributed by atoms with van der Waals surface area (Å²) in [4.78, 5) is 14.6. The van der Waals surface area contributed by atoms with Gasteiger partial charge in [0.05, 0.1) is 21.3 Å². The Morgan fingerprint density at radius 1 is 1.11 bits per heavy atom. The van der Waals surface area contributed by atoms with Gasteiger partial charge in [0.25, 0.3) is 0 Å². The van der Waals surface area contributed by atoms with E-state index in [2.05, 4.69) is 15.9 Å². The summed E-state index contributed by atoms with van der Waals surface area (Å²) in [6.45, 7) is 0.522. The van der Waals surface area contributed by atoms with E-state index in [1.165, 1.54) is 0 Å². The molecule has 0 aliphatic carbocycles. The molecular weight excluding hydrogens is 430 g/mol. The molecule has 5 nitrogen and oxygen atoms in total. The Morgan fingerprint density at radius 3 is 2.56 bits per heavy atom. The summed E-state index contributed by atoms with van der Waals surface area (Å²) in [6, 6.07) is 11.6. The number of carbonyl (C=O) groups excluding carboxylic acids is 1. The van der Waals surface area contributed by atoms with Crippen molar-refractivity contribution in [2.45, 2.75) is 18.3 Å². The van der Waals surface area contributed by atoms with Crippen molar-refractivity contribution in [1.82, 2.24) is 4.90 Å². The highest BCUT2D eigenvalue weighted by Crippen LogP contribution is 2.45. The molecule has 0 aromatic heterocycles. The first kappa shape index (κ1) is 19.9. The number of methoxy groups -OCH3 is 3. The summed E-state index contributed by atoms with van der Waals surface area (Å²) >= 11 is 5.39. The first-order valence-electron chi connectivity index (χ1n) is 8.52. The van der Waals surface area contributed by atoms with Crippen LogP contribution in [0.3, 0.4) is 0 Å². The van der Waals surface area contributed by atoms with Gasteiger partial charge in [-0.2, -0.15) is 0 Å². The number of hydrogen-bond acceptors (Lipinski definition) is 5. The molecule has 1 unspecified atom stereocenters. The average Bonchev–Trinajstić information content (AvgIpc) is 2.69. The first-order chi connectivity index (χ1) is 13.1. The van der Waals surface area contributed by atoms with Crippen LogP contribution in [0.1, 0.15) is 22.9 Å². The topological polar surface area (TPSA) is 48.0 Å². The van der Waals surface area contributed by atoms with Crippen LogP contribution in [-0.4, -0.2) is 37.9 Å². The smallest absolute Gasteiger partial charge is 0.224 e. The lowest BCUT2D eigenvalue weighted by molar-refractivity contribution is -0.132. The number of nitrogens with zero attached hydrogens (tertiary/aromatic N) is 1. The minimum atomic E-state index is -0.105. The maximum absolute atomic E-state index is 12.7. The van der Waals surface area contributed by atoms with E-state index in [-0.39, 0.29) is 11.3 Å². The van der Waals surface area contributed by atoms with Crippen LogP contribution >= 0.6 is 27.7 Å². The number of hydrogen-bond donors (Lipinski definition) is 0. The molecule has 2 aromatic carbocycles. The molecule has 0 saturated carbocycles. The van der Waals surface area contributed by atoms with Gasteiger partial charge in [0.1, 0.15) is 11.1 Å². The Morgan fingerprint density at radius 2 is 1.85 bits per heavy atom. The quantitative estimate of drug-likeness (QED) is 0.639. The standard InChI is InChI=1S/C20H22BrNO4S/c1-24-14-6-4-5-13(9-14)12-22-19(23)7-8-27-20(22)15-10-17(25-2)18(26-3)11-16(15)21/h4-6,9-11,20H,7-8,12H2,1-3H3. The van der Waals surface area contributed by atoms with Crippen LogP contribution in [0.15, 0.2) is 40.9 Å². The number of halogens is 1. The van der Waals surface area contributed by atoms with Crippen molar-refractivity contribution in [2.24, 2.45) is 0 Å². The average molecular weight is 452 g/mol. The van der Waals surface area contributed by atoms with Gasteiger partial charge in [-0.3, -0.25) is 4.79 Å². The van der Waals surface area contributed by atoms with E-state index >= 15 is 0 Å². The SMILES string of the molecule is COc1cccc(CN2C(=O)CCSC2c2cc(OC)c(OC)cc2Br)c1. The van der Waals surface area contributed by atoms with Gasteiger partial charge < -0.3 is 19.1 Å². The Kier molecular flexibility index (Phi) is 6.55. The number of ether oxygens (including phenoxy) is 3. The molecule has 1 aliphatic rings. The lowest BCUT2D eigenvalue weighted by Gasteiger charge is -2.36. The zero-order chi connectivity index (χ0) is 19.4. The van der Waals surface area contributed by atoms with Gasteiger partial charge in [-0.25, -0.2) is 0 Å². The second-order valence-corrected chi connectivity index (χ2v) is 8.12. The first-order valence-corrected chi connectivity index (χ1v) is 10.4. The van der Waals surface area contributed by atoms with Gasteiger partial charge in [-0.15, -0.1) is 11.8 Å². The van der Waals surface area contributed by atoms with Crippen molar-refractivity contribution in [3.05, 3.63) is 52.0 Å². The van der Waals surface area contributed by atoms with Crippen molar-refractivity contribution in [3.63, 3.8) is 0 Å². The molecule has 144 valence electrons. The Balaban J connectivity index is 1.95. The molecule has 0 bridgehead atoms. The van der Waals surface area contributed by atoms with E-state index in [4.69, 9.17) is 14.2 Å². The highest BCUT2D eigenvalue weighted by Gasteiger charge is 2.32. The third-order valence-corrected chi connectivity index (χ3v) is 6.40. The van der Waals surface area contributed by atoms with E-state index < -0.39 is 0 Å². The third-order valence-electron chi connectivity index (χ3n) is 4.45. The van der Waals surface area contributed by atoms with Crippen LogP contribution in [0.5, 0.6) is 17.2 Å². The zero-order valence-corrected chi connectivity index (χ0v) is 17.9. The maximum Gasteiger partial charge on any atom is 0.224 e. The summed E-state index contributed by atoms with van der Waals surface area (Å²) in [5.74, 6) is 3.02. The molecule has 1 saturated heterocycles. The van der Waals surface area contributed by atoms with Crippen LogP contribution in [0, 0.1) is 0 Å². The van der Waals surface area contributed by atoms with Crippen LogP contribution in [-0.2, 0) is 11.3 Å². The fraction of sp³-hybridized carbons (Fsp3) is 0.350. The third kappa shape index (κ3) is 4.35. The Bertz CT molecular complexity index is 830. The van der Waals surface area contributed by atoms with Crippen molar-refractivity contribution in [3.8, 4) is 17.2 Å². The summed E-state index contributed by atoms with van der Waals surface area (Å²) in [5.41, 5.74) is 2.03. The van der Waals surface area contributed by atoms with E-state index in [0.717, 1.165) is 27.1 Å². The van der Waals surface area contributed by atoms with Crippen LogP contribution in [0.4, 0.5) is 0 Å². The van der Waals surface area contributed by atoms with E-state index in [9.17, 15) is 4.79 Å². The normalized spacial score (nSPS) is 17.0. The highest BCUT2D eigenvalue weighted by molar-refractivity contribution is 9.10. The maximum atomic E-state index is 12.7. The van der Waals surface area contributed by atoms with E-state index in [1.807, 2.05) is 41.3 Å². The van der Waals surface area contributed by atoms with Crippen LogP contribution in [0.25, 0.3) is 0 Å². The minimum Gasteiger partial charge on any atom is -0.497 e. The van der Waals surface area contributed by atoms with E-state index in [1.54, 1.807) is 33.1 Å². The monoisotopic (exact) mass is 451 g/mol. The largest absolute Gasteiger partial charge is 0.497 e. The molecule has 1 aliphatic heterocycles. The lowest BCUT2D eigenvalue weighted by Crippen LogP contribution is -2.36. The lowest BCUT2D eigenvalue weighted by atomic mass is 10.1. The predicted molar refractivity (Wildman–Crippen MR) is 111 cm³/mol. The van der Waals surface area contributed by atoms with Crippen molar-refractivity contribution >= 4 is 33.6 Å². The van der Waals surface area contributed by atoms with Gasteiger partial charge in [-0.05, 0) is 29.8 Å². The molecule has 0 radical (unpaired) electrons. The van der Waals surface area contributed by atoms with Gasteiger partial charge in [0.2, 0.25) is 5.91 Å². The number of thioether (sulfide) groups is 1. The number of carbonyl (C=O) groups is 1. The second kappa shape index (κ2) is 8.89.